The van der Waals surface area contributed by atoms with Crippen molar-refractivity contribution in [2.45, 2.75) is 65.0 Å². The number of alkyl halides is 3. The van der Waals surface area contributed by atoms with Crippen molar-refractivity contribution in [3.63, 3.8) is 0 Å². The summed E-state index contributed by atoms with van der Waals surface area (Å²) < 4.78 is 52.1. The zero-order valence-corrected chi connectivity index (χ0v) is 14.7. The molecular weight excluding hydrogens is 315 g/mol. The van der Waals surface area contributed by atoms with Gasteiger partial charge in [-0.3, -0.25) is 0 Å². The summed E-state index contributed by atoms with van der Waals surface area (Å²) in [6, 6.07) is 0. The second kappa shape index (κ2) is 6.72. The highest BCUT2D eigenvalue weighted by molar-refractivity contribution is 6.31. The lowest BCUT2D eigenvalue weighted by Crippen LogP contribution is -2.27. The summed E-state index contributed by atoms with van der Waals surface area (Å²) in [7, 11) is 0.250. The summed E-state index contributed by atoms with van der Waals surface area (Å²) in [5.41, 5.74) is -0.111. The molecule has 0 unspecified atom stereocenters. The lowest BCUT2D eigenvalue weighted by atomic mass is 10.1. The van der Waals surface area contributed by atoms with Crippen LogP contribution in [0.1, 0.15) is 52.0 Å². The van der Waals surface area contributed by atoms with Crippen molar-refractivity contribution in [1.29, 1.82) is 0 Å². The fourth-order valence-corrected chi connectivity index (χ4v) is 2.31. The zero-order valence-electron chi connectivity index (χ0n) is 13.7. The van der Waals surface area contributed by atoms with E-state index in [1.165, 1.54) is 0 Å². The molecule has 1 aromatic rings. The highest BCUT2D eigenvalue weighted by Gasteiger charge is 2.32. The predicted molar refractivity (Wildman–Crippen MR) is 76.5 cm³/mol. The fourth-order valence-electron chi connectivity index (χ4n) is 1.65. The molecule has 0 saturated heterocycles. The minimum absolute atomic E-state index is 0.0177. The molecule has 0 bridgehead atoms. The van der Waals surface area contributed by atoms with Gasteiger partial charge in [0, 0.05) is 0 Å². The first kappa shape index (κ1) is 19.2. The van der Waals surface area contributed by atoms with Crippen LogP contribution in [0.5, 0.6) is 0 Å². The summed E-state index contributed by atoms with van der Waals surface area (Å²) in [5.74, 6) is 0.627. The summed E-state index contributed by atoms with van der Waals surface area (Å²) in [5, 5.41) is 0.0177. The number of aryl methyl sites for hydroxylation is 1. The van der Waals surface area contributed by atoms with Crippen molar-refractivity contribution in [2.75, 3.05) is 6.61 Å². The maximum absolute atomic E-state index is 12.0. The molecule has 0 atom stereocenters. The van der Waals surface area contributed by atoms with E-state index in [0.717, 1.165) is 0 Å². The van der Waals surface area contributed by atoms with Crippen LogP contribution in [0.3, 0.4) is 0 Å². The highest BCUT2D eigenvalue weighted by atomic mass is 28.2. The van der Waals surface area contributed by atoms with Gasteiger partial charge in [0.1, 0.15) is 18.8 Å². The topological polar surface area (TPSA) is 44.5 Å². The van der Waals surface area contributed by atoms with Crippen molar-refractivity contribution in [2.24, 2.45) is 0 Å². The summed E-state index contributed by atoms with van der Waals surface area (Å²) in [6.07, 6.45) is -4.36. The second-order valence-electron chi connectivity index (χ2n) is 6.59. The molecule has 0 aliphatic rings. The highest BCUT2D eigenvalue weighted by Crippen LogP contribution is 2.32. The van der Waals surface area contributed by atoms with Crippen molar-refractivity contribution < 1.29 is 26.8 Å². The first-order valence-corrected chi connectivity index (χ1v) is 7.77. The Morgan fingerprint density at radius 2 is 1.73 bits per heavy atom. The van der Waals surface area contributed by atoms with Crippen LogP contribution in [0.2, 0.25) is 5.04 Å². The Kier molecular flexibility index (Phi) is 5.86. The van der Waals surface area contributed by atoms with Gasteiger partial charge in [0.05, 0.1) is 5.69 Å². The second-order valence-corrected chi connectivity index (χ2v) is 8.50. The minimum atomic E-state index is -4.36. The average molecular weight is 337 g/mol. The van der Waals surface area contributed by atoms with Crippen LogP contribution >= 0.6 is 0 Å². The Labute approximate surface area is 131 Å². The van der Waals surface area contributed by atoms with Gasteiger partial charge in [-0.25, -0.2) is 4.98 Å². The fraction of sp³-hybridized carbons (Fsp3) is 0.786. The molecule has 8 heteroatoms. The van der Waals surface area contributed by atoms with Crippen LogP contribution in [-0.4, -0.2) is 27.5 Å². The van der Waals surface area contributed by atoms with Gasteiger partial charge in [0.25, 0.3) is 0 Å². The lowest BCUT2D eigenvalue weighted by molar-refractivity contribution is -0.178. The normalized spacial score (nSPS) is 13.7. The van der Waals surface area contributed by atoms with E-state index in [2.05, 4.69) is 30.5 Å². The standard InChI is InChI=1S/C14H22F3NO3Si/c1-9-11(13(5,6)21-22-12(2,3)4)20-10(18-9)7-19-8-14(15,16)17/h7-8H2,1-6H3. The van der Waals surface area contributed by atoms with Gasteiger partial charge in [0.15, 0.2) is 5.76 Å². The molecule has 1 heterocycles. The third kappa shape index (κ3) is 6.49. The molecule has 1 aromatic heterocycles. The summed E-state index contributed by atoms with van der Waals surface area (Å²) in [6.45, 7) is 9.96. The molecule has 22 heavy (non-hydrogen) atoms. The van der Waals surface area contributed by atoms with E-state index >= 15 is 0 Å². The maximum atomic E-state index is 12.0. The third-order valence-electron chi connectivity index (χ3n) is 2.49. The van der Waals surface area contributed by atoms with Gasteiger partial charge in [-0.1, -0.05) is 20.8 Å². The quantitative estimate of drug-likeness (QED) is 0.732. The van der Waals surface area contributed by atoms with E-state index in [1.54, 1.807) is 6.92 Å². The SMILES string of the molecule is Cc1nc(COCC(F)(F)F)oc1C(C)(C)O[Si]C(C)(C)C. The van der Waals surface area contributed by atoms with E-state index in [9.17, 15) is 13.2 Å². The van der Waals surface area contributed by atoms with Crippen LogP contribution in [0.4, 0.5) is 13.2 Å². The Morgan fingerprint density at radius 3 is 2.23 bits per heavy atom. The number of ether oxygens (including phenoxy) is 1. The van der Waals surface area contributed by atoms with Crippen LogP contribution < -0.4 is 0 Å². The van der Waals surface area contributed by atoms with Crippen LogP contribution in [0, 0.1) is 6.92 Å². The molecule has 4 nitrogen and oxygen atoms in total. The van der Waals surface area contributed by atoms with E-state index in [4.69, 9.17) is 8.84 Å². The van der Waals surface area contributed by atoms with Crippen molar-refractivity contribution >= 4 is 9.76 Å². The molecule has 0 N–H and O–H groups in total. The zero-order chi connectivity index (χ0) is 17.2. The average Bonchev–Trinajstić information content (AvgIpc) is 2.66. The first-order chi connectivity index (χ1) is 9.80. The van der Waals surface area contributed by atoms with E-state index in [-0.39, 0.29) is 27.3 Å². The molecule has 1 rings (SSSR count). The number of rotatable bonds is 6. The van der Waals surface area contributed by atoms with Gasteiger partial charge in [-0.15, -0.1) is 0 Å². The number of halogens is 3. The minimum Gasteiger partial charge on any atom is -0.440 e. The maximum Gasteiger partial charge on any atom is 0.411 e. The number of oxazole rings is 1. The number of hydrogen-bond donors (Lipinski definition) is 0. The Balaban J connectivity index is 2.71. The smallest absolute Gasteiger partial charge is 0.411 e. The van der Waals surface area contributed by atoms with Crippen LogP contribution in [0.15, 0.2) is 4.42 Å². The van der Waals surface area contributed by atoms with Crippen molar-refractivity contribution in [3.05, 3.63) is 17.3 Å². The Bertz CT molecular complexity index is 493. The molecule has 0 aliphatic heterocycles. The van der Waals surface area contributed by atoms with Gasteiger partial charge < -0.3 is 13.6 Å². The molecular formula is C14H22F3NO3Si. The molecule has 126 valence electrons. The van der Waals surface area contributed by atoms with Gasteiger partial charge in [-0.2, -0.15) is 13.2 Å². The number of aromatic nitrogens is 1. The third-order valence-corrected chi connectivity index (χ3v) is 3.72. The van der Waals surface area contributed by atoms with Gasteiger partial charge >= 0.3 is 6.18 Å². The molecule has 0 fully saturated rings. The van der Waals surface area contributed by atoms with Crippen LogP contribution in [0.25, 0.3) is 0 Å². The number of nitrogens with zero attached hydrogens (tertiary/aromatic N) is 1. The van der Waals surface area contributed by atoms with Gasteiger partial charge in [-0.05, 0) is 25.8 Å². The lowest BCUT2D eigenvalue weighted by Gasteiger charge is -2.27. The van der Waals surface area contributed by atoms with Crippen molar-refractivity contribution in [3.8, 4) is 0 Å². The monoisotopic (exact) mass is 337 g/mol. The molecule has 0 aliphatic carbocycles. The van der Waals surface area contributed by atoms with Crippen molar-refractivity contribution in [1.82, 2.24) is 4.98 Å². The molecule has 0 saturated carbocycles. The molecule has 0 aromatic carbocycles. The van der Waals surface area contributed by atoms with Gasteiger partial charge in [0.2, 0.25) is 15.7 Å². The largest absolute Gasteiger partial charge is 0.440 e. The van der Waals surface area contributed by atoms with E-state index in [0.29, 0.717) is 11.5 Å². The molecule has 0 amide bonds. The number of hydrogen-bond acceptors (Lipinski definition) is 4. The summed E-state index contributed by atoms with van der Waals surface area (Å²) >= 11 is 0. The first-order valence-electron chi connectivity index (χ1n) is 6.87. The van der Waals surface area contributed by atoms with Crippen LogP contribution in [-0.2, 0) is 21.4 Å². The summed E-state index contributed by atoms with van der Waals surface area (Å²) in [4.78, 5) is 4.10. The van der Waals surface area contributed by atoms with E-state index in [1.807, 2.05) is 13.8 Å². The predicted octanol–water partition coefficient (Wildman–Crippen LogP) is 4.15. The Morgan fingerprint density at radius 1 is 1.14 bits per heavy atom. The van der Waals surface area contributed by atoms with E-state index < -0.39 is 18.4 Å². The molecule has 0 spiro atoms. The molecule has 2 radical (unpaired) electrons. The Hall–Kier alpha value is -0.863.